The van der Waals surface area contributed by atoms with Crippen molar-refractivity contribution in [3.63, 3.8) is 0 Å². The van der Waals surface area contributed by atoms with E-state index in [4.69, 9.17) is 11.6 Å². The number of hydrogen-bond acceptors (Lipinski definition) is 1. The third-order valence-corrected chi connectivity index (χ3v) is 4.34. The highest BCUT2D eigenvalue weighted by Gasteiger charge is 2.22. The second kappa shape index (κ2) is 6.42. The first-order valence-electron chi connectivity index (χ1n) is 6.72. The van der Waals surface area contributed by atoms with E-state index < -0.39 is 0 Å². The maximum atomic E-state index is 6.25. The summed E-state index contributed by atoms with van der Waals surface area (Å²) in [7, 11) is 2.09. The Morgan fingerprint density at radius 2 is 1.94 bits per heavy atom. The quantitative estimate of drug-likeness (QED) is 0.800. The smallest absolute Gasteiger partial charge is 0.0438 e. The molecule has 1 aliphatic rings. The molecule has 1 saturated carbocycles. The third-order valence-electron chi connectivity index (χ3n) is 3.97. The zero-order chi connectivity index (χ0) is 12.1. The van der Waals surface area contributed by atoms with Crippen LogP contribution in [0.15, 0.2) is 24.3 Å². The molecule has 1 nitrogen and oxygen atoms in total. The molecule has 0 aliphatic heterocycles. The van der Waals surface area contributed by atoms with E-state index in [0.29, 0.717) is 6.04 Å². The Hall–Kier alpha value is -0.530. The van der Waals surface area contributed by atoms with Crippen LogP contribution in [0.25, 0.3) is 0 Å². The lowest BCUT2D eigenvalue weighted by atomic mass is 9.88. The van der Waals surface area contributed by atoms with Crippen LogP contribution in [0.1, 0.15) is 37.7 Å². The van der Waals surface area contributed by atoms with Gasteiger partial charge < -0.3 is 5.32 Å². The monoisotopic (exact) mass is 251 g/mol. The molecular weight excluding hydrogens is 230 g/mol. The van der Waals surface area contributed by atoms with Crippen molar-refractivity contribution in [2.24, 2.45) is 5.92 Å². The summed E-state index contributed by atoms with van der Waals surface area (Å²) in [6.07, 6.45) is 7.88. The zero-order valence-electron chi connectivity index (χ0n) is 10.6. The lowest BCUT2D eigenvalue weighted by molar-refractivity contribution is 0.350. The van der Waals surface area contributed by atoms with Crippen molar-refractivity contribution >= 4 is 11.6 Å². The molecule has 0 amide bonds. The van der Waals surface area contributed by atoms with E-state index in [1.165, 1.54) is 37.7 Å². The van der Waals surface area contributed by atoms with Crippen LogP contribution in [0.5, 0.6) is 0 Å². The fraction of sp³-hybridized carbons (Fsp3) is 0.600. The van der Waals surface area contributed by atoms with E-state index >= 15 is 0 Å². The number of hydrogen-bond donors (Lipinski definition) is 1. The highest BCUT2D eigenvalue weighted by atomic mass is 35.5. The van der Waals surface area contributed by atoms with Crippen LogP contribution in [0.2, 0.25) is 5.02 Å². The summed E-state index contributed by atoms with van der Waals surface area (Å²) in [5.41, 5.74) is 1.31. The largest absolute Gasteiger partial charge is 0.317 e. The first kappa shape index (κ1) is 12.9. The second-order valence-electron chi connectivity index (χ2n) is 5.09. The summed E-state index contributed by atoms with van der Waals surface area (Å²) in [6, 6.07) is 8.93. The molecule has 1 aliphatic carbocycles. The Morgan fingerprint density at radius 3 is 2.71 bits per heavy atom. The Morgan fingerprint density at radius 1 is 1.18 bits per heavy atom. The second-order valence-corrected chi connectivity index (χ2v) is 5.50. The van der Waals surface area contributed by atoms with E-state index in [9.17, 15) is 0 Å². The van der Waals surface area contributed by atoms with Gasteiger partial charge in [-0.25, -0.2) is 0 Å². The molecule has 0 heterocycles. The first-order valence-corrected chi connectivity index (χ1v) is 7.09. The van der Waals surface area contributed by atoms with Crippen LogP contribution in [0, 0.1) is 5.92 Å². The molecule has 1 aromatic carbocycles. The van der Waals surface area contributed by atoms with Crippen LogP contribution in [-0.2, 0) is 6.42 Å². The van der Waals surface area contributed by atoms with Gasteiger partial charge in [-0.15, -0.1) is 0 Å². The first-order chi connectivity index (χ1) is 8.31. The highest BCUT2D eigenvalue weighted by Crippen LogP contribution is 2.28. The summed E-state index contributed by atoms with van der Waals surface area (Å²) < 4.78 is 0. The lowest BCUT2D eigenvalue weighted by Gasteiger charge is -2.25. The normalized spacial score (nSPS) is 25.5. The molecule has 2 heteroatoms. The van der Waals surface area contributed by atoms with Crippen molar-refractivity contribution in [1.82, 2.24) is 5.32 Å². The van der Waals surface area contributed by atoms with E-state index in [-0.39, 0.29) is 0 Å². The lowest BCUT2D eigenvalue weighted by Crippen LogP contribution is -2.33. The van der Waals surface area contributed by atoms with E-state index in [1.807, 2.05) is 12.1 Å². The molecule has 2 rings (SSSR count). The van der Waals surface area contributed by atoms with Gasteiger partial charge >= 0.3 is 0 Å². The summed E-state index contributed by atoms with van der Waals surface area (Å²) in [6.45, 7) is 0. The molecule has 1 fully saturated rings. The van der Waals surface area contributed by atoms with Crippen molar-refractivity contribution in [2.75, 3.05) is 7.05 Å². The van der Waals surface area contributed by atoms with Gasteiger partial charge in [-0.05, 0) is 43.9 Å². The van der Waals surface area contributed by atoms with Crippen molar-refractivity contribution in [2.45, 2.75) is 44.6 Å². The average Bonchev–Trinajstić information content (AvgIpc) is 2.57. The van der Waals surface area contributed by atoms with Gasteiger partial charge in [-0.3, -0.25) is 0 Å². The fourth-order valence-electron chi connectivity index (χ4n) is 2.96. The highest BCUT2D eigenvalue weighted by molar-refractivity contribution is 6.31. The van der Waals surface area contributed by atoms with Gasteiger partial charge in [-0.2, -0.15) is 0 Å². The molecule has 0 radical (unpaired) electrons. The van der Waals surface area contributed by atoms with Crippen molar-refractivity contribution in [1.29, 1.82) is 0 Å². The number of nitrogens with one attached hydrogen (secondary N) is 1. The van der Waals surface area contributed by atoms with Gasteiger partial charge in [0.25, 0.3) is 0 Å². The molecule has 2 unspecified atom stereocenters. The SMILES string of the molecule is CNC1CCCCCC1Cc1ccccc1Cl. The maximum absolute atomic E-state index is 6.25. The predicted octanol–water partition coefficient (Wildman–Crippen LogP) is 4.05. The summed E-state index contributed by atoms with van der Waals surface area (Å²) in [5.74, 6) is 0.738. The topological polar surface area (TPSA) is 12.0 Å². The van der Waals surface area contributed by atoms with Crippen LogP contribution >= 0.6 is 11.6 Å². The molecule has 0 bridgehead atoms. The molecule has 2 atom stereocenters. The van der Waals surface area contributed by atoms with Crippen molar-refractivity contribution < 1.29 is 0 Å². The standard InChI is InChI=1S/C15H22ClN/c1-17-15-10-4-2-3-8-13(15)11-12-7-5-6-9-14(12)16/h5-7,9,13,15,17H,2-4,8,10-11H2,1H3. The predicted molar refractivity (Wildman–Crippen MR) is 74.6 cm³/mol. The average molecular weight is 252 g/mol. The summed E-state index contributed by atoms with van der Waals surface area (Å²) in [5, 5.41) is 4.41. The van der Waals surface area contributed by atoms with Gasteiger partial charge in [0.05, 0.1) is 0 Å². The number of rotatable bonds is 3. The van der Waals surface area contributed by atoms with E-state index in [1.54, 1.807) is 0 Å². The maximum Gasteiger partial charge on any atom is 0.0438 e. The van der Waals surface area contributed by atoms with Crippen LogP contribution in [0.4, 0.5) is 0 Å². The molecule has 1 N–H and O–H groups in total. The van der Waals surface area contributed by atoms with E-state index in [0.717, 1.165) is 17.4 Å². The molecular formula is C15H22ClN. The Bertz CT molecular complexity index is 351. The minimum Gasteiger partial charge on any atom is -0.317 e. The Labute approximate surface area is 110 Å². The van der Waals surface area contributed by atoms with Gasteiger partial charge in [0.2, 0.25) is 0 Å². The number of halogens is 1. The summed E-state index contributed by atoms with van der Waals surface area (Å²) in [4.78, 5) is 0. The Kier molecular flexibility index (Phi) is 4.87. The van der Waals surface area contributed by atoms with Crippen LogP contribution in [0.3, 0.4) is 0 Å². The zero-order valence-corrected chi connectivity index (χ0v) is 11.3. The van der Waals surface area contributed by atoms with Crippen LogP contribution < -0.4 is 5.32 Å². The summed E-state index contributed by atoms with van der Waals surface area (Å²) >= 11 is 6.25. The van der Waals surface area contributed by atoms with Gasteiger partial charge in [0, 0.05) is 11.1 Å². The van der Waals surface area contributed by atoms with Gasteiger partial charge in [0.15, 0.2) is 0 Å². The van der Waals surface area contributed by atoms with Gasteiger partial charge in [0.1, 0.15) is 0 Å². The molecule has 1 aromatic rings. The third kappa shape index (κ3) is 3.46. The van der Waals surface area contributed by atoms with E-state index in [2.05, 4.69) is 24.5 Å². The molecule has 0 aromatic heterocycles. The molecule has 0 spiro atoms. The molecule has 0 saturated heterocycles. The van der Waals surface area contributed by atoms with Crippen molar-refractivity contribution in [3.05, 3.63) is 34.9 Å². The Balaban J connectivity index is 2.07. The van der Waals surface area contributed by atoms with Crippen molar-refractivity contribution in [3.8, 4) is 0 Å². The molecule has 94 valence electrons. The number of benzene rings is 1. The fourth-order valence-corrected chi connectivity index (χ4v) is 3.17. The van der Waals surface area contributed by atoms with Gasteiger partial charge in [-0.1, -0.05) is 49.1 Å². The minimum absolute atomic E-state index is 0.661. The molecule has 17 heavy (non-hydrogen) atoms. The minimum atomic E-state index is 0.661. The van der Waals surface area contributed by atoms with Crippen LogP contribution in [-0.4, -0.2) is 13.1 Å².